The summed E-state index contributed by atoms with van der Waals surface area (Å²) in [5.74, 6) is 0.268. The van der Waals surface area contributed by atoms with Crippen molar-refractivity contribution in [3.63, 3.8) is 0 Å². The molecule has 0 radical (unpaired) electrons. The fraction of sp³-hybridized carbons (Fsp3) is 0.567. The average molecular weight is 616 g/mol. The van der Waals surface area contributed by atoms with Crippen LogP contribution in [0.25, 0.3) is 0 Å². The lowest BCUT2D eigenvalue weighted by atomic mass is 9.95. The maximum Gasteiger partial charge on any atom is 0.405 e. The Balaban J connectivity index is 1.45. The van der Waals surface area contributed by atoms with Crippen LogP contribution in [-0.4, -0.2) is 118 Å². The van der Waals surface area contributed by atoms with Gasteiger partial charge in [-0.3, -0.25) is 14.5 Å². The molecular weight excluding hydrogens is 574 g/mol. The Morgan fingerprint density at radius 2 is 1.77 bits per heavy atom. The van der Waals surface area contributed by atoms with Gasteiger partial charge < -0.3 is 30.2 Å². The van der Waals surface area contributed by atoms with Crippen LogP contribution in [0.15, 0.2) is 30.6 Å². The second-order valence-electron chi connectivity index (χ2n) is 11.6. The summed E-state index contributed by atoms with van der Waals surface area (Å²) in [7, 11) is 1.64. The maximum absolute atomic E-state index is 14.1. The lowest BCUT2D eigenvalue weighted by Gasteiger charge is -2.39. The highest BCUT2D eigenvalue weighted by Crippen LogP contribution is 2.42. The Labute approximate surface area is 257 Å². The van der Waals surface area contributed by atoms with Gasteiger partial charge in [0.05, 0.1) is 17.7 Å². The number of nitrogens with zero attached hydrogens (tertiary/aromatic N) is 6. The summed E-state index contributed by atoms with van der Waals surface area (Å²) in [6, 6.07) is 7.47. The zero-order valence-electron chi connectivity index (χ0n) is 25.2. The molecule has 1 aromatic heterocycles. The number of nitrogens with one attached hydrogen (secondary N) is 1. The molecule has 1 aliphatic heterocycles. The third kappa shape index (κ3) is 7.92. The van der Waals surface area contributed by atoms with Crippen molar-refractivity contribution in [2.24, 2.45) is 0 Å². The van der Waals surface area contributed by atoms with Gasteiger partial charge in [0, 0.05) is 69.5 Å². The summed E-state index contributed by atoms with van der Waals surface area (Å²) < 4.78 is 0. The number of piperazine rings is 1. The highest BCUT2D eigenvalue weighted by molar-refractivity contribution is 6.30. The molecule has 4 rings (SSSR count). The Morgan fingerprint density at radius 3 is 2.40 bits per heavy atom. The quantitative estimate of drug-likeness (QED) is 0.347. The van der Waals surface area contributed by atoms with Crippen LogP contribution < -0.4 is 10.2 Å². The van der Waals surface area contributed by atoms with Gasteiger partial charge in [0.15, 0.2) is 0 Å². The Morgan fingerprint density at radius 1 is 1.09 bits per heavy atom. The minimum Gasteiger partial charge on any atom is -0.465 e. The number of rotatable bonds is 11. The van der Waals surface area contributed by atoms with E-state index in [2.05, 4.69) is 32.0 Å². The normalized spacial score (nSPS) is 19.0. The van der Waals surface area contributed by atoms with E-state index in [9.17, 15) is 19.5 Å². The molecule has 13 heteroatoms. The van der Waals surface area contributed by atoms with Gasteiger partial charge in [-0.25, -0.2) is 14.8 Å². The molecule has 1 fully saturated rings. The maximum atomic E-state index is 14.1. The third-order valence-corrected chi connectivity index (χ3v) is 8.68. The number of hydrogen-bond acceptors (Lipinski definition) is 8. The molecule has 3 amide bonds. The highest BCUT2D eigenvalue weighted by atomic mass is 35.5. The van der Waals surface area contributed by atoms with Crippen LogP contribution in [0.1, 0.15) is 62.0 Å². The number of hydrogen-bond donors (Lipinski definition) is 3. The van der Waals surface area contributed by atoms with Gasteiger partial charge in [-0.05, 0) is 43.9 Å². The minimum atomic E-state index is -1.25. The first-order valence-corrected chi connectivity index (χ1v) is 15.1. The number of fused-ring (bicyclic) bond motifs is 1. The zero-order chi connectivity index (χ0) is 31.3. The molecule has 1 saturated heterocycles. The van der Waals surface area contributed by atoms with Crippen LogP contribution >= 0.6 is 11.6 Å². The van der Waals surface area contributed by atoms with Gasteiger partial charge >= 0.3 is 6.09 Å². The average Bonchev–Trinajstić information content (AvgIpc) is 3.29. The van der Waals surface area contributed by atoms with Crippen LogP contribution in [0.4, 0.5) is 10.6 Å². The van der Waals surface area contributed by atoms with Crippen LogP contribution in [0.5, 0.6) is 0 Å². The molecule has 43 heavy (non-hydrogen) atoms. The van der Waals surface area contributed by atoms with Crippen LogP contribution in [0.2, 0.25) is 5.02 Å². The summed E-state index contributed by atoms with van der Waals surface area (Å²) >= 11 is 6.18. The Kier molecular flexibility index (Phi) is 10.8. The van der Waals surface area contributed by atoms with E-state index < -0.39 is 18.1 Å². The predicted molar refractivity (Wildman–Crippen MR) is 163 cm³/mol. The number of anilines is 1. The van der Waals surface area contributed by atoms with Crippen LogP contribution in [-0.2, 0) is 9.59 Å². The number of carbonyl (C=O) groups is 3. The molecule has 1 aliphatic carbocycles. The topological polar surface area (TPSA) is 142 Å². The predicted octanol–water partition coefficient (Wildman–Crippen LogP) is 2.54. The smallest absolute Gasteiger partial charge is 0.405 e. The van der Waals surface area contributed by atoms with Crippen molar-refractivity contribution < 1.29 is 24.6 Å². The molecule has 3 N–H and O–H groups in total. The number of carboxylic acid groups (broad SMARTS) is 1. The highest BCUT2D eigenvalue weighted by Gasteiger charge is 2.35. The number of likely N-dealkylation sites (N-methyl/N-ethyl adjacent to an activating group) is 1. The van der Waals surface area contributed by atoms with Crippen molar-refractivity contribution in [1.82, 2.24) is 30.0 Å². The lowest BCUT2D eigenvalue weighted by Crippen LogP contribution is -2.52. The van der Waals surface area contributed by atoms with Gasteiger partial charge in [0.1, 0.15) is 18.7 Å². The third-order valence-electron chi connectivity index (χ3n) is 8.43. The largest absolute Gasteiger partial charge is 0.465 e. The molecule has 2 heterocycles. The molecule has 12 nitrogen and oxygen atoms in total. The molecule has 0 unspecified atom stereocenters. The minimum absolute atomic E-state index is 0.0272. The number of aliphatic hydroxyl groups excluding tert-OH is 1. The first kappa shape index (κ1) is 32.4. The van der Waals surface area contributed by atoms with E-state index >= 15 is 0 Å². The van der Waals surface area contributed by atoms with E-state index in [0.29, 0.717) is 63.0 Å². The molecular formula is C30H42ClN7O5. The number of carbonyl (C=O) groups excluding carboxylic acids is 2. The van der Waals surface area contributed by atoms with Gasteiger partial charge in [0.25, 0.3) is 0 Å². The number of aliphatic hydroxyl groups is 1. The molecule has 0 spiro atoms. The van der Waals surface area contributed by atoms with Gasteiger partial charge in [-0.2, -0.15) is 0 Å². The van der Waals surface area contributed by atoms with E-state index in [0.717, 1.165) is 16.9 Å². The van der Waals surface area contributed by atoms with Crippen molar-refractivity contribution in [1.29, 1.82) is 0 Å². The molecule has 1 aromatic carbocycles. The van der Waals surface area contributed by atoms with Crippen LogP contribution in [0.3, 0.4) is 0 Å². The van der Waals surface area contributed by atoms with E-state index in [-0.39, 0.29) is 30.3 Å². The summed E-state index contributed by atoms with van der Waals surface area (Å²) in [6.45, 7) is 9.55. The lowest BCUT2D eigenvalue weighted by molar-refractivity contribution is -0.134. The van der Waals surface area contributed by atoms with Gasteiger partial charge in [-0.1, -0.05) is 30.7 Å². The van der Waals surface area contributed by atoms with Crippen molar-refractivity contribution in [2.45, 2.75) is 51.2 Å². The van der Waals surface area contributed by atoms with Gasteiger partial charge in [-0.15, -0.1) is 0 Å². The van der Waals surface area contributed by atoms with Crippen molar-refractivity contribution in [2.75, 3.05) is 64.3 Å². The summed E-state index contributed by atoms with van der Waals surface area (Å²) in [4.78, 5) is 53.9. The number of halogens is 1. The van der Waals surface area contributed by atoms with Crippen LogP contribution in [0, 0.1) is 0 Å². The second kappa shape index (κ2) is 14.3. The summed E-state index contributed by atoms with van der Waals surface area (Å²) in [5.41, 5.74) is 2.58. The molecule has 0 saturated carbocycles. The number of aromatic nitrogens is 2. The molecule has 234 valence electrons. The number of benzene rings is 1. The van der Waals surface area contributed by atoms with Crippen molar-refractivity contribution in [3.05, 3.63) is 52.4 Å². The fourth-order valence-corrected chi connectivity index (χ4v) is 5.94. The Hall–Kier alpha value is -3.48. The SMILES string of the molecule is CC(C)N(CCN(C)C(=O)CNC(=O)O)C[C@@H](C(=O)N1CCN(c2ncnc3c2[C@H](C)C[C@H]3O)CC1)c1ccc(Cl)cc1. The van der Waals surface area contributed by atoms with E-state index in [4.69, 9.17) is 16.7 Å². The summed E-state index contributed by atoms with van der Waals surface area (Å²) in [5, 5.41) is 21.9. The molecule has 2 aliphatic rings. The summed E-state index contributed by atoms with van der Waals surface area (Å²) in [6.07, 6.45) is 0.332. The molecule has 2 aromatic rings. The van der Waals surface area contributed by atoms with E-state index in [1.807, 2.05) is 30.9 Å². The second-order valence-corrected chi connectivity index (χ2v) is 12.1. The van der Waals surface area contributed by atoms with E-state index in [1.165, 1.54) is 11.2 Å². The zero-order valence-corrected chi connectivity index (χ0v) is 26.0. The molecule has 3 atom stereocenters. The van der Waals surface area contributed by atoms with E-state index in [1.54, 1.807) is 19.2 Å². The first-order valence-electron chi connectivity index (χ1n) is 14.7. The van der Waals surface area contributed by atoms with Crippen molar-refractivity contribution in [3.8, 4) is 0 Å². The monoisotopic (exact) mass is 615 g/mol. The fourth-order valence-electron chi connectivity index (χ4n) is 5.82. The van der Waals surface area contributed by atoms with Crippen molar-refractivity contribution >= 4 is 35.3 Å². The first-order chi connectivity index (χ1) is 20.5. The molecule has 0 bridgehead atoms. The Bertz CT molecular complexity index is 1290. The number of amides is 3. The standard InChI is InChI=1S/C30H42ClN7O5/c1-19(2)38(10-9-35(4)25(40)16-32-30(42)43)17-23(21-5-7-22(31)8-6-21)29(41)37-13-11-36(12-14-37)28-26-20(3)15-24(39)27(26)33-18-34-28/h5-8,18-20,23-24,32,39H,9-17H2,1-4H3,(H,42,43)/t20-,23-,24-/m1/s1. The van der Waals surface area contributed by atoms with Gasteiger partial charge in [0.2, 0.25) is 11.8 Å².